The minimum atomic E-state index is -1.57. The molecule has 0 saturated heterocycles. The van der Waals surface area contributed by atoms with E-state index in [4.69, 9.17) is 5.73 Å². The minimum Gasteiger partial charge on any atom is -0.396 e. The minimum absolute atomic E-state index is 0.0549. The Labute approximate surface area is 126 Å². The van der Waals surface area contributed by atoms with E-state index in [0.717, 1.165) is 10.6 Å². The largest absolute Gasteiger partial charge is 0.396 e. The van der Waals surface area contributed by atoms with Crippen LogP contribution in [0.4, 0.5) is 18.9 Å². The Morgan fingerprint density at radius 1 is 1.26 bits per heavy atom. The Kier molecular flexibility index (Phi) is 4.53. The van der Waals surface area contributed by atoms with Crippen LogP contribution in [0.25, 0.3) is 0 Å². The number of rotatable bonds is 4. The number of nitrogen functional groups attached to an aromatic ring is 1. The monoisotopic (exact) mass is 328 g/mol. The number of aromatic amines is 1. The summed E-state index contributed by atoms with van der Waals surface area (Å²) in [5.74, 6) is -5.50. The molecule has 1 aromatic heterocycles. The summed E-state index contributed by atoms with van der Waals surface area (Å²) in [6.45, 7) is -0.220. The molecule has 122 valence electrons. The van der Waals surface area contributed by atoms with Crippen LogP contribution in [-0.4, -0.2) is 22.0 Å². The Hall–Kier alpha value is -3.04. The third-order valence-corrected chi connectivity index (χ3v) is 2.97. The van der Waals surface area contributed by atoms with Crippen molar-refractivity contribution in [3.8, 4) is 0 Å². The summed E-state index contributed by atoms with van der Waals surface area (Å²) in [5, 5.41) is 2.18. The molecule has 4 N–H and O–H groups in total. The van der Waals surface area contributed by atoms with Crippen molar-refractivity contribution in [1.82, 2.24) is 14.9 Å². The number of benzene rings is 1. The van der Waals surface area contributed by atoms with Crippen LogP contribution in [-0.2, 0) is 6.54 Å². The number of nitrogens with one attached hydrogen (secondary N) is 2. The summed E-state index contributed by atoms with van der Waals surface area (Å²) in [4.78, 5) is 36.1. The first-order chi connectivity index (χ1) is 10.8. The summed E-state index contributed by atoms with van der Waals surface area (Å²) in [6.07, 6.45) is 1.20. The molecule has 0 spiro atoms. The van der Waals surface area contributed by atoms with Crippen LogP contribution in [0.1, 0.15) is 10.4 Å². The van der Waals surface area contributed by atoms with Crippen LogP contribution in [0.15, 0.2) is 27.9 Å². The summed E-state index contributed by atoms with van der Waals surface area (Å²) in [7, 11) is 0. The average Bonchev–Trinajstić information content (AvgIpc) is 2.48. The third kappa shape index (κ3) is 3.42. The zero-order chi connectivity index (χ0) is 17.1. The van der Waals surface area contributed by atoms with Crippen molar-refractivity contribution in [1.29, 1.82) is 0 Å². The van der Waals surface area contributed by atoms with Gasteiger partial charge in [-0.05, 0) is 0 Å². The number of aromatic nitrogens is 2. The first kappa shape index (κ1) is 16.3. The summed E-state index contributed by atoms with van der Waals surface area (Å²) in [6, 6.07) is 1.34. The highest BCUT2D eigenvalue weighted by molar-refractivity contribution is 5.99. The lowest BCUT2D eigenvalue weighted by Gasteiger charge is -2.10. The van der Waals surface area contributed by atoms with Crippen LogP contribution in [0, 0.1) is 17.5 Å². The van der Waals surface area contributed by atoms with Gasteiger partial charge in [-0.3, -0.25) is 19.1 Å². The van der Waals surface area contributed by atoms with Gasteiger partial charge in [-0.1, -0.05) is 0 Å². The van der Waals surface area contributed by atoms with E-state index in [1.807, 2.05) is 4.98 Å². The number of nitrogens with two attached hydrogens (primary N) is 1. The van der Waals surface area contributed by atoms with E-state index >= 15 is 0 Å². The topological polar surface area (TPSA) is 110 Å². The molecule has 23 heavy (non-hydrogen) atoms. The van der Waals surface area contributed by atoms with E-state index < -0.39 is 45.9 Å². The molecule has 1 heterocycles. The van der Waals surface area contributed by atoms with Gasteiger partial charge in [0.05, 0.1) is 5.69 Å². The molecular formula is C13H11F3N4O3. The number of halogens is 3. The van der Waals surface area contributed by atoms with Gasteiger partial charge in [-0.2, -0.15) is 0 Å². The number of anilines is 1. The van der Waals surface area contributed by atoms with E-state index in [0.29, 0.717) is 0 Å². The summed E-state index contributed by atoms with van der Waals surface area (Å²) < 4.78 is 41.0. The predicted octanol–water partition coefficient (Wildman–Crippen LogP) is -0.0339. The Bertz CT molecular complexity index is 849. The molecule has 0 saturated carbocycles. The first-order valence-corrected chi connectivity index (χ1v) is 6.32. The molecule has 0 aliphatic rings. The van der Waals surface area contributed by atoms with E-state index in [-0.39, 0.29) is 19.2 Å². The van der Waals surface area contributed by atoms with Gasteiger partial charge in [0.1, 0.15) is 11.4 Å². The normalized spacial score (nSPS) is 10.6. The van der Waals surface area contributed by atoms with Crippen LogP contribution in [0.5, 0.6) is 0 Å². The molecule has 1 amide bonds. The smallest absolute Gasteiger partial charge is 0.328 e. The molecule has 2 rings (SSSR count). The lowest BCUT2D eigenvalue weighted by molar-refractivity contribution is 0.0947. The third-order valence-electron chi connectivity index (χ3n) is 2.97. The molecule has 0 aliphatic heterocycles. The lowest BCUT2D eigenvalue weighted by atomic mass is 10.1. The maximum absolute atomic E-state index is 13.6. The fraction of sp³-hybridized carbons (Fsp3) is 0.154. The zero-order valence-electron chi connectivity index (χ0n) is 11.5. The second kappa shape index (κ2) is 6.38. The van der Waals surface area contributed by atoms with Crippen molar-refractivity contribution >= 4 is 11.6 Å². The highest BCUT2D eigenvalue weighted by Crippen LogP contribution is 2.22. The summed E-state index contributed by atoms with van der Waals surface area (Å²) >= 11 is 0. The average molecular weight is 328 g/mol. The van der Waals surface area contributed by atoms with Crippen LogP contribution in [0.2, 0.25) is 0 Å². The zero-order valence-corrected chi connectivity index (χ0v) is 11.5. The van der Waals surface area contributed by atoms with Crippen LogP contribution in [0.3, 0.4) is 0 Å². The number of carbonyl (C=O) groups excluding carboxylic acids is 1. The standard InChI is InChI=1S/C13H11F3N4O3/c14-6-5-7(15)11(17)9(10(6)16)12(22)18-2-4-20-3-1-8(21)19-13(20)23/h1,3,5H,2,4,17H2,(H,18,22)(H,19,21,23). The maximum Gasteiger partial charge on any atom is 0.328 e. The highest BCUT2D eigenvalue weighted by atomic mass is 19.2. The van der Waals surface area contributed by atoms with Crippen molar-refractivity contribution in [2.24, 2.45) is 0 Å². The second-order valence-electron chi connectivity index (χ2n) is 4.50. The molecule has 0 radical (unpaired) electrons. The van der Waals surface area contributed by atoms with Gasteiger partial charge in [0.2, 0.25) is 0 Å². The van der Waals surface area contributed by atoms with E-state index in [1.165, 1.54) is 6.20 Å². The second-order valence-corrected chi connectivity index (χ2v) is 4.50. The van der Waals surface area contributed by atoms with Gasteiger partial charge in [0.25, 0.3) is 11.5 Å². The predicted molar refractivity (Wildman–Crippen MR) is 74.4 cm³/mol. The Morgan fingerprint density at radius 2 is 1.96 bits per heavy atom. The number of H-pyrrole nitrogens is 1. The molecule has 0 atom stereocenters. The molecule has 0 bridgehead atoms. The van der Waals surface area contributed by atoms with Gasteiger partial charge in [-0.25, -0.2) is 18.0 Å². The van der Waals surface area contributed by atoms with Crippen molar-refractivity contribution in [2.75, 3.05) is 12.3 Å². The number of carbonyl (C=O) groups is 1. The van der Waals surface area contributed by atoms with E-state index in [2.05, 4.69) is 5.32 Å². The fourth-order valence-corrected chi connectivity index (χ4v) is 1.83. The quantitative estimate of drug-likeness (QED) is 0.540. The van der Waals surface area contributed by atoms with Crippen LogP contribution >= 0.6 is 0 Å². The molecule has 0 aliphatic carbocycles. The number of hydrogen-bond acceptors (Lipinski definition) is 4. The van der Waals surface area contributed by atoms with Crippen molar-refractivity contribution in [3.05, 3.63) is 62.2 Å². The van der Waals surface area contributed by atoms with E-state index in [1.54, 1.807) is 0 Å². The molecule has 2 aromatic rings. The molecular weight excluding hydrogens is 317 g/mol. The lowest BCUT2D eigenvalue weighted by Crippen LogP contribution is -2.34. The van der Waals surface area contributed by atoms with Crippen molar-refractivity contribution in [3.63, 3.8) is 0 Å². The molecule has 0 unspecified atom stereocenters. The number of amides is 1. The van der Waals surface area contributed by atoms with Gasteiger partial charge in [0, 0.05) is 31.4 Å². The SMILES string of the molecule is Nc1c(F)cc(F)c(F)c1C(=O)NCCn1ccc(=O)[nH]c1=O. The Balaban J connectivity index is 2.12. The highest BCUT2D eigenvalue weighted by Gasteiger charge is 2.22. The molecule has 0 fully saturated rings. The number of hydrogen-bond donors (Lipinski definition) is 3. The molecule has 1 aromatic carbocycles. The Morgan fingerprint density at radius 3 is 2.61 bits per heavy atom. The van der Waals surface area contributed by atoms with Gasteiger partial charge in [-0.15, -0.1) is 0 Å². The van der Waals surface area contributed by atoms with Crippen molar-refractivity contribution in [2.45, 2.75) is 6.54 Å². The van der Waals surface area contributed by atoms with Crippen LogP contribution < -0.4 is 22.3 Å². The molecule has 10 heteroatoms. The van der Waals surface area contributed by atoms with Gasteiger partial charge < -0.3 is 11.1 Å². The summed E-state index contributed by atoms with van der Waals surface area (Å²) in [5.41, 5.74) is 2.19. The first-order valence-electron chi connectivity index (χ1n) is 6.32. The maximum atomic E-state index is 13.6. The van der Waals surface area contributed by atoms with Gasteiger partial charge >= 0.3 is 5.69 Å². The van der Waals surface area contributed by atoms with Gasteiger partial charge in [0.15, 0.2) is 11.6 Å². The van der Waals surface area contributed by atoms with Crippen molar-refractivity contribution < 1.29 is 18.0 Å². The molecule has 7 nitrogen and oxygen atoms in total. The fourth-order valence-electron chi connectivity index (χ4n) is 1.83. The number of nitrogens with zero attached hydrogens (tertiary/aromatic N) is 1. The van der Waals surface area contributed by atoms with E-state index in [9.17, 15) is 27.6 Å².